The molecule has 2 nitrogen and oxygen atoms in total. The second-order valence-corrected chi connectivity index (χ2v) is 5.39. The summed E-state index contributed by atoms with van der Waals surface area (Å²) in [5.74, 6) is 0.646. The molecule has 1 N–H and O–H groups in total. The van der Waals surface area contributed by atoms with Gasteiger partial charge in [0.2, 0.25) is 0 Å². The summed E-state index contributed by atoms with van der Waals surface area (Å²) in [7, 11) is 0. The minimum absolute atomic E-state index is 0.154. The van der Waals surface area contributed by atoms with E-state index in [0.29, 0.717) is 12.0 Å². The van der Waals surface area contributed by atoms with Gasteiger partial charge in [0.1, 0.15) is 0 Å². The van der Waals surface area contributed by atoms with Crippen LogP contribution in [0.1, 0.15) is 38.4 Å². The highest BCUT2D eigenvalue weighted by molar-refractivity contribution is 6.30. The van der Waals surface area contributed by atoms with Crippen molar-refractivity contribution < 1.29 is 4.74 Å². The zero-order valence-electron chi connectivity index (χ0n) is 11.2. The van der Waals surface area contributed by atoms with Gasteiger partial charge in [-0.2, -0.15) is 0 Å². The average molecular weight is 268 g/mol. The molecular formula is C15H22ClNO. The van der Waals surface area contributed by atoms with E-state index in [1.54, 1.807) is 0 Å². The van der Waals surface area contributed by atoms with Crippen LogP contribution in [0.5, 0.6) is 0 Å². The summed E-state index contributed by atoms with van der Waals surface area (Å²) in [6.45, 7) is 6.33. The lowest BCUT2D eigenvalue weighted by atomic mass is 9.94. The number of hydrogen-bond acceptors (Lipinski definition) is 2. The van der Waals surface area contributed by atoms with Gasteiger partial charge >= 0.3 is 0 Å². The van der Waals surface area contributed by atoms with Crippen LogP contribution in [0, 0.1) is 5.92 Å². The molecule has 3 heteroatoms. The summed E-state index contributed by atoms with van der Waals surface area (Å²) in [6, 6.07) is 7.98. The Balaban J connectivity index is 2.04. The quantitative estimate of drug-likeness (QED) is 0.896. The Bertz CT molecular complexity index is 361. The zero-order chi connectivity index (χ0) is 13.0. The van der Waals surface area contributed by atoms with Gasteiger partial charge in [0.15, 0.2) is 0 Å². The van der Waals surface area contributed by atoms with E-state index in [9.17, 15) is 0 Å². The minimum atomic E-state index is 0.154. The van der Waals surface area contributed by atoms with Gasteiger partial charge in [-0.15, -0.1) is 0 Å². The van der Waals surface area contributed by atoms with Crippen LogP contribution in [0.25, 0.3) is 0 Å². The Hall–Kier alpha value is -0.570. The molecule has 1 fully saturated rings. The maximum Gasteiger partial charge on any atom is 0.0953 e. The van der Waals surface area contributed by atoms with Crippen molar-refractivity contribution in [2.45, 2.75) is 38.9 Å². The highest BCUT2D eigenvalue weighted by atomic mass is 35.5. The zero-order valence-corrected chi connectivity index (χ0v) is 11.9. The molecule has 2 atom stereocenters. The van der Waals surface area contributed by atoms with E-state index < -0.39 is 0 Å². The first-order valence-corrected chi connectivity index (χ1v) is 7.24. The van der Waals surface area contributed by atoms with E-state index in [1.165, 1.54) is 18.4 Å². The fourth-order valence-corrected chi connectivity index (χ4v) is 2.76. The molecule has 1 aliphatic rings. The van der Waals surface area contributed by atoms with Gasteiger partial charge in [-0.05, 0) is 23.6 Å². The highest BCUT2D eigenvalue weighted by Gasteiger charge is 2.27. The number of hydrogen-bond donors (Lipinski definition) is 1. The third kappa shape index (κ3) is 3.25. The number of ether oxygens (including phenoxy) is 1. The molecule has 0 saturated carbocycles. The van der Waals surface area contributed by atoms with E-state index in [1.807, 2.05) is 12.1 Å². The molecule has 1 aliphatic heterocycles. The van der Waals surface area contributed by atoms with Crippen molar-refractivity contribution >= 4 is 11.6 Å². The maximum atomic E-state index is 6.25. The van der Waals surface area contributed by atoms with Crippen LogP contribution in [0.3, 0.4) is 0 Å². The Morgan fingerprint density at radius 2 is 1.89 bits per heavy atom. The Morgan fingerprint density at radius 3 is 2.50 bits per heavy atom. The highest BCUT2D eigenvalue weighted by Crippen LogP contribution is 2.27. The van der Waals surface area contributed by atoms with Gasteiger partial charge in [0, 0.05) is 18.1 Å². The van der Waals surface area contributed by atoms with Crippen LogP contribution in [-0.2, 0) is 4.74 Å². The lowest BCUT2D eigenvalue weighted by Gasteiger charge is -2.35. The molecule has 0 aliphatic carbocycles. The third-order valence-electron chi connectivity index (χ3n) is 3.83. The number of rotatable bonds is 4. The third-order valence-corrected chi connectivity index (χ3v) is 4.08. The van der Waals surface area contributed by atoms with Gasteiger partial charge < -0.3 is 10.1 Å². The van der Waals surface area contributed by atoms with Crippen molar-refractivity contribution in [3.8, 4) is 0 Å². The van der Waals surface area contributed by atoms with Crippen molar-refractivity contribution in [3.63, 3.8) is 0 Å². The summed E-state index contributed by atoms with van der Waals surface area (Å²) in [5, 5.41) is 4.27. The second kappa shape index (κ2) is 6.55. The van der Waals surface area contributed by atoms with Gasteiger partial charge in [-0.1, -0.05) is 50.4 Å². The van der Waals surface area contributed by atoms with Crippen molar-refractivity contribution in [1.29, 1.82) is 0 Å². The predicted octanol–water partition coefficient (Wildman–Crippen LogP) is 3.81. The number of benzene rings is 1. The predicted molar refractivity (Wildman–Crippen MR) is 76.0 cm³/mol. The van der Waals surface area contributed by atoms with Crippen LogP contribution in [0.2, 0.25) is 5.02 Å². The Morgan fingerprint density at radius 1 is 1.22 bits per heavy atom. The van der Waals surface area contributed by atoms with E-state index in [-0.39, 0.29) is 6.10 Å². The standard InChI is InChI=1S/C15H22ClNO/c1-3-11(4-2)14-9-17-10-15(18-14)12-5-7-13(16)8-6-12/h5-8,11,14-15,17H,3-4,9-10H2,1-2H3. The summed E-state index contributed by atoms with van der Waals surface area (Å²) >= 11 is 5.92. The average Bonchev–Trinajstić information content (AvgIpc) is 2.41. The first kappa shape index (κ1) is 13.9. The van der Waals surface area contributed by atoms with Crippen molar-refractivity contribution in [1.82, 2.24) is 5.32 Å². The summed E-state index contributed by atoms with van der Waals surface area (Å²) in [4.78, 5) is 0. The molecule has 0 amide bonds. The van der Waals surface area contributed by atoms with Crippen molar-refractivity contribution in [3.05, 3.63) is 34.9 Å². The molecule has 2 unspecified atom stereocenters. The van der Waals surface area contributed by atoms with E-state index in [2.05, 4.69) is 31.3 Å². The van der Waals surface area contributed by atoms with Gasteiger partial charge in [-0.3, -0.25) is 0 Å². The fourth-order valence-electron chi connectivity index (χ4n) is 2.63. The molecule has 0 aromatic heterocycles. The van der Waals surface area contributed by atoms with Crippen LogP contribution in [-0.4, -0.2) is 19.2 Å². The first-order chi connectivity index (χ1) is 8.74. The Kier molecular flexibility index (Phi) is 5.04. The van der Waals surface area contributed by atoms with Crippen LogP contribution < -0.4 is 5.32 Å². The molecule has 1 aromatic carbocycles. The largest absolute Gasteiger partial charge is 0.367 e. The van der Waals surface area contributed by atoms with Crippen molar-refractivity contribution in [2.75, 3.05) is 13.1 Å². The van der Waals surface area contributed by atoms with Gasteiger partial charge in [0.25, 0.3) is 0 Å². The maximum absolute atomic E-state index is 6.25. The van der Waals surface area contributed by atoms with Crippen LogP contribution in [0.15, 0.2) is 24.3 Å². The number of morpholine rings is 1. The topological polar surface area (TPSA) is 21.3 Å². The van der Waals surface area contributed by atoms with Crippen LogP contribution >= 0.6 is 11.6 Å². The van der Waals surface area contributed by atoms with Crippen LogP contribution in [0.4, 0.5) is 0 Å². The van der Waals surface area contributed by atoms with E-state index in [4.69, 9.17) is 16.3 Å². The molecule has 0 radical (unpaired) electrons. The van der Waals surface area contributed by atoms with E-state index >= 15 is 0 Å². The summed E-state index contributed by atoms with van der Waals surface area (Å²) < 4.78 is 6.25. The smallest absolute Gasteiger partial charge is 0.0953 e. The summed E-state index contributed by atoms with van der Waals surface area (Å²) in [6.07, 6.45) is 2.84. The molecule has 18 heavy (non-hydrogen) atoms. The first-order valence-electron chi connectivity index (χ1n) is 6.86. The van der Waals surface area contributed by atoms with Gasteiger partial charge in [0.05, 0.1) is 12.2 Å². The molecule has 0 spiro atoms. The fraction of sp³-hybridized carbons (Fsp3) is 0.600. The lowest BCUT2D eigenvalue weighted by molar-refractivity contribution is -0.0688. The molecular weight excluding hydrogens is 246 g/mol. The van der Waals surface area contributed by atoms with E-state index in [0.717, 1.165) is 18.1 Å². The molecule has 100 valence electrons. The SMILES string of the molecule is CCC(CC)C1CNCC(c2ccc(Cl)cc2)O1. The minimum Gasteiger partial charge on any atom is -0.367 e. The molecule has 1 aromatic rings. The summed E-state index contributed by atoms with van der Waals surface area (Å²) in [5.41, 5.74) is 1.21. The molecule has 2 rings (SSSR count). The normalized spacial score (nSPS) is 24.4. The van der Waals surface area contributed by atoms with Crippen molar-refractivity contribution in [2.24, 2.45) is 5.92 Å². The monoisotopic (exact) mass is 267 g/mol. The molecule has 0 bridgehead atoms. The number of halogens is 1. The second-order valence-electron chi connectivity index (χ2n) is 4.95. The molecule has 1 saturated heterocycles. The van der Waals surface area contributed by atoms with Gasteiger partial charge in [-0.25, -0.2) is 0 Å². The lowest BCUT2D eigenvalue weighted by Crippen LogP contribution is -2.44. The number of nitrogens with one attached hydrogen (secondary N) is 1. The Labute approximate surface area is 115 Å². The molecule has 1 heterocycles.